The van der Waals surface area contributed by atoms with E-state index >= 15 is 0 Å². The zero-order valence-corrected chi connectivity index (χ0v) is 13.2. The van der Waals surface area contributed by atoms with Crippen molar-refractivity contribution < 1.29 is 0 Å². The number of likely N-dealkylation sites (N-methyl/N-ethyl adjacent to an activating group) is 1. The molecule has 1 atom stereocenters. The summed E-state index contributed by atoms with van der Waals surface area (Å²) in [7, 11) is 0. The zero-order chi connectivity index (χ0) is 14.5. The smallest absolute Gasteiger partial charge is 0.130 e. The fraction of sp³-hybridized carbons (Fsp3) is 0.750. The van der Waals surface area contributed by atoms with E-state index in [9.17, 15) is 0 Å². The molecule has 0 aromatic carbocycles. The molecule has 0 aliphatic heterocycles. The van der Waals surface area contributed by atoms with E-state index < -0.39 is 0 Å². The van der Waals surface area contributed by atoms with Crippen molar-refractivity contribution in [2.24, 2.45) is 11.7 Å². The van der Waals surface area contributed by atoms with Crippen LogP contribution in [0.25, 0.3) is 0 Å². The van der Waals surface area contributed by atoms with E-state index in [2.05, 4.69) is 25.7 Å². The van der Waals surface area contributed by atoms with Crippen LogP contribution in [0.4, 0.5) is 0 Å². The van der Waals surface area contributed by atoms with Crippen LogP contribution in [-0.4, -0.2) is 41.0 Å². The van der Waals surface area contributed by atoms with Crippen LogP contribution in [0.1, 0.15) is 43.0 Å². The molecule has 1 heterocycles. The molecule has 1 unspecified atom stereocenters. The highest BCUT2D eigenvalue weighted by Gasteiger charge is 2.21. The summed E-state index contributed by atoms with van der Waals surface area (Å²) in [6.07, 6.45) is 4.26. The molecule has 1 aliphatic carbocycles. The summed E-state index contributed by atoms with van der Waals surface area (Å²) in [6.45, 7) is 10.6. The quantitative estimate of drug-likeness (QED) is 0.860. The Morgan fingerprint density at radius 3 is 2.65 bits per heavy atom. The molecular weight excluding hydrogens is 248 g/mol. The summed E-state index contributed by atoms with van der Waals surface area (Å²) in [5, 5.41) is 0. The number of nitrogens with two attached hydrogens (primary N) is 1. The predicted octanol–water partition coefficient (Wildman–Crippen LogP) is 1.73. The van der Waals surface area contributed by atoms with Crippen molar-refractivity contribution >= 4 is 0 Å². The van der Waals surface area contributed by atoms with E-state index in [-0.39, 0.29) is 0 Å². The van der Waals surface area contributed by atoms with Crippen molar-refractivity contribution in [3.63, 3.8) is 0 Å². The molecule has 2 N–H and O–H groups in total. The van der Waals surface area contributed by atoms with Crippen LogP contribution in [0, 0.1) is 12.8 Å². The second kappa shape index (κ2) is 7.14. The minimum absolute atomic E-state index is 0.617. The molecule has 2 rings (SSSR count). The summed E-state index contributed by atoms with van der Waals surface area (Å²) >= 11 is 0. The second-order valence-corrected chi connectivity index (χ2v) is 5.77. The van der Waals surface area contributed by atoms with Gasteiger partial charge in [0.05, 0.1) is 0 Å². The fourth-order valence-corrected chi connectivity index (χ4v) is 3.03. The normalized spacial score (nSPS) is 18.4. The minimum Gasteiger partial charge on any atom is -0.330 e. The average Bonchev–Trinajstić information content (AvgIpc) is 2.48. The lowest BCUT2D eigenvalue weighted by atomic mass is 9.86. The fourth-order valence-electron chi connectivity index (χ4n) is 3.03. The maximum Gasteiger partial charge on any atom is 0.130 e. The van der Waals surface area contributed by atoms with Gasteiger partial charge in [0, 0.05) is 24.4 Å². The van der Waals surface area contributed by atoms with Gasteiger partial charge in [-0.1, -0.05) is 13.8 Å². The van der Waals surface area contributed by atoms with E-state index in [0.717, 1.165) is 51.3 Å². The van der Waals surface area contributed by atoms with Crippen LogP contribution in [-0.2, 0) is 19.3 Å². The number of aryl methyl sites for hydroxylation is 2. The largest absolute Gasteiger partial charge is 0.330 e. The van der Waals surface area contributed by atoms with Crippen molar-refractivity contribution in [3.8, 4) is 0 Å². The highest BCUT2D eigenvalue weighted by Crippen LogP contribution is 2.25. The van der Waals surface area contributed by atoms with Crippen LogP contribution in [0.5, 0.6) is 0 Å². The molecule has 0 saturated carbocycles. The van der Waals surface area contributed by atoms with E-state index in [1.807, 2.05) is 0 Å². The Balaban J connectivity index is 2.08. The lowest BCUT2D eigenvalue weighted by Gasteiger charge is -2.24. The van der Waals surface area contributed by atoms with Gasteiger partial charge in [0.2, 0.25) is 0 Å². The van der Waals surface area contributed by atoms with Gasteiger partial charge in [0.15, 0.2) is 0 Å². The second-order valence-electron chi connectivity index (χ2n) is 5.77. The van der Waals surface area contributed by atoms with E-state index in [1.54, 1.807) is 0 Å². The van der Waals surface area contributed by atoms with Gasteiger partial charge in [0.25, 0.3) is 0 Å². The third-order valence-electron chi connectivity index (χ3n) is 4.51. The maximum atomic E-state index is 5.81. The molecule has 0 saturated heterocycles. The molecule has 0 fully saturated rings. The number of aromatic nitrogens is 2. The molecule has 0 radical (unpaired) electrons. The first-order valence-electron chi connectivity index (χ1n) is 7.95. The van der Waals surface area contributed by atoms with Crippen LogP contribution >= 0.6 is 0 Å². The molecule has 112 valence electrons. The van der Waals surface area contributed by atoms with Gasteiger partial charge in [0.1, 0.15) is 5.82 Å². The topological polar surface area (TPSA) is 55.0 Å². The molecule has 1 aromatic rings. The first-order chi connectivity index (χ1) is 9.67. The van der Waals surface area contributed by atoms with Crippen LogP contribution in [0.3, 0.4) is 0 Å². The zero-order valence-electron chi connectivity index (χ0n) is 13.2. The molecule has 0 amide bonds. The van der Waals surface area contributed by atoms with Crippen LogP contribution in [0.2, 0.25) is 0 Å². The van der Waals surface area contributed by atoms with Crippen LogP contribution < -0.4 is 5.73 Å². The van der Waals surface area contributed by atoms with Gasteiger partial charge in [-0.15, -0.1) is 0 Å². The predicted molar refractivity (Wildman–Crippen MR) is 82.8 cm³/mol. The van der Waals surface area contributed by atoms with Crippen molar-refractivity contribution in [2.75, 3.05) is 26.2 Å². The Morgan fingerprint density at radius 2 is 2.00 bits per heavy atom. The van der Waals surface area contributed by atoms with Crippen molar-refractivity contribution in [1.29, 1.82) is 0 Å². The Bertz CT molecular complexity index is 440. The number of hydrogen-bond acceptors (Lipinski definition) is 4. The molecule has 4 nitrogen and oxygen atoms in total. The molecule has 20 heavy (non-hydrogen) atoms. The summed E-state index contributed by atoms with van der Waals surface area (Å²) in [5.74, 6) is 1.63. The summed E-state index contributed by atoms with van der Waals surface area (Å²) in [6, 6.07) is 0. The molecule has 0 spiro atoms. The van der Waals surface area contributed by atoms with Gasteiger partial charge in [-0.25, -0.2) is 9.97 Å². The highest BCUT2D eigenvalue weighted by molar-refractivity contribution is 5.28. The van der Waals surface area contributed by atoms with Crippen molar-refractivity contribution in [1.82, 2.24) is 14.9 Å². The first-order valence-corrected chi connectivity index (χ1v) is 7.95. The summed E-state index contributed by atoms with van der Waals surface area (Å²) in [5.41, 5.74) is 9.61. The number of hydrogen-bond donors (Lipinski definition) is 1. The SMILES string of the molecule is CCN(CC)CCc1nc(C)c2c(n1)CCC(CN)C2. The monoisotopic (exact) mass is 276 g/mol. The van der Waals surface area contributed by atoms with Crippen molar-refractivity contribution in [3.05, 3.63) is 22.8 Å². The van der Waals surface area contributed by atoms with Crippen LogP contribution in [0.15, 0.2) is 0 Å². The lowest BCUT2D eigenvalue weighted by Crippen LogP contribution is -2.27. The van der Waals surface area contributed by atoms with Gasteiger partial charge < -0.3 is 10.6 Å². The van der Waals surface area contributed by atoms with E-state index in [4.69, 9.17) is 15.7 Å². The third-order valence-corrected chi connectivity index (χ3v) is 4.51. The number of fused-ring (bicyclic) bond motifs is 1. The molecule has 1 aromatic heterocycles. The lowest BCUT2D eigenvalue weighted by molar-refractivity contribution is 0.305. The Hall–Kier alpha value is -1.00. The molecular formula is C16H28N4. The molecule has 1 aliphatic rings. The maximum absolute atomic E-state index is 5.81. The van der Waals surface area contributed by atoms with E-state index in [1.165, 1.54) is 23.4 Å². The van der Waals surface area contributed by atoms with Gasteiger partial charge >= 0.3 is 0 Å². The summed E-state index contributed by atoms with van der Waals surface area (Å²) < 4.78 is 0. The van der Waals surface area contributed by atoms with Gasteiger partial charge in [-0.3, -0.25) is 0 Å². The standard InChI is InChI=1S/C16H28N4/c1-4-20(5-2)9-8-16-18-12(3)14-10-13(11-17)6-7-15(14)19-16/h13H,4-11,17H2,1-3H3. The average molecular weight is 276 g/mol. The third kappa shape index (κ3) is 3.55. The Labute approximate surface area is 122 Å². The highest BCUT2D eigenvalue weighted by atomic mass is 15.1. The number of nitrogens with zero attached hydrogens (tertiary/aromatic N) is 3. The molecule has 4 heteroatoms. The Kier molecular flexibility index (Phi) is 5.49. The van der Waals surface area contributed by atoms with Gasteiger partial charge in [-0.05, 0) is 57.3 Å². The van der Waals surface area contributed by atoms with Gasteiger partial charge in [-0.2, -0.15) is 0 Å². The first kappa shape index (κ1) is 15.4. The number of rotatable bonds is 6. The molecule has 0 bridgehead atoms. The van der Waals surface area contributed by atoms with E-state index in [0.29, 0.717) is 5.92 Å². The summed E-state index contributed by atoms with van der Waals surface area (Å²) in [4.78, 5) is 11.9. The minimum atomic E-state index is 0.617. The van der Waals surface area contributed by atoms with Crippen molar-refractivity contribution in [2.45, 2.75) is 46.5 Å². The Morgan fingerprint density at radius 1 is 1.25 bits per heavy atom.